The van der Waals surface area contributed by atoms with Gasteiger partial charge in [0, 0.05) is 17.8 Å². The Bertz CT molecular complexity index is 570. The van der Waals surface area contributed by atoms with Crippen LogP contribution in [0, 0.1) is 0 Å². The fourth-order valence-electron chi connectivity index (χ4n) is 3.01. The van der Waals surface area contributed by atoms with Gasteiger partial charge in [-0.25, -0.2) is 0 Å². The predicted molar refractivity (Wildman–Crippen MR) is 89.7 cm³/mol. The molecular weight excluding hydrogens is 276 g/mol. The molecule has 2 aliphatic rings. The van der Waals surface area contributed by atoms with Gasteiger partial charge < -0.3 is 15.0 Å². The first kappa shape index (κ1) is 16.6. The van der Waals surface area contributed by atoms with Crippen LogP contribution in [0.2, 0.25) is 0 Å². The molecule has 1 aromatic rings. The molecule has 3 rings (SSSR count). The van der Waals surface area contributed by atoms with E-state index in [2.05, 4.69) is 34.6 Å². The molecule has 0 bridgehead atoms. The Morgan fingerprint density at radius 2 is 2.18 bits per heavy atom. The van der Waals surface area contributed by atoms with Gasteiger partial charge in [0.15, 0.2) is 0 Å². The largest absolute Gasteiger partial charge is 0.466 e. The van der Waals surface area contributed by atoms with Crippen LogP contribution in [0.5, 0.6) is 0 Å². The Hall–Kier alpha value is -1.81. The van der Waals surface area contributed by atoms with Gasteiger partial charge in [-0.3, -0.25) is 4.79 Å². The number of hydrogen-bond acceptors (Lipinski definition) is 3. The van der Waals surface area contributed by atoms with Crippen LogP contribution < -0.4 is 5.32 Å². The third-order valence-electron chi connectivity index (χ3n) is 3.88. The van der Waals surface area contributed by atoms with Crippen LogP contribution in [0.4, 0.5) is 0 Å². The van der Waals surface area contributed by atoms with Gasteiger partial charge in [-0.2, -0.15) is 0 Å². The summed E-state index contributed by atoms with van der Waals surface area (Å²) in [5.41, 5.74) is 5.07. The number of carbonyl (C=O) groups excluding carboxylic acids is 1. The topological polar surface area (TPSA) is 54.1 Å². The van der Waals surface area contributed by atoms with Crippen molar-refractivity contribution in [2.75, 3.05) is 13.2 Å². The van der Waals surface area contributed by atoms with Crippen molar-refractivity contribution in [1.82, 2.24) is 10.3 Å². The summed E-state index contributed by atoms with van der Waals surface area (Å²) in [4.78, 5) is 15.2. The summed E-state index contributed by atoms with van der Waals surface area (Å²) in [6.07, 6.45) is 10.8. The first-order valence-corrected chi connectivity index (χ1v) is 8.25. The van der Waals surface area contributed by atoms with Crippen molar-refractivity contribution >= 4 is 12.0 Å². The second-order valence-corrected chi connectivity index (χ2v) is 5.17. The first-order valence-electron chi connectivity index (χ1n) is 8.25. The lowest BCUT2D eigenvalue weighted by Gasteiger charge is -2.23. The highest BCUT2D eigenvalue weighted by molar-refractivity contribution is 5.71. The number of ether oxygens (including phenoxy) is 1. The maximum absolute atomic E-state index is 11.7. The van der Waals surface area contributed by atoms with Crippen molar-refractivity contribution < 1.29 is 9.53 Å². The monoisotopic (exact) mass is 302 g/mol. The number of hydrogen-bond donors (Lipinski definition) is 2. The SMILES string of the molecule is CC.CCOC(=O)CC1NCCc2c1[nH]c1c2C=CC=CC1. The van der Waals surface area contributed by atoms with E-state index in [4.69, 9.17) is 4.74 Å². The van der Waals surface area contributed by atoms with E-state index in [0.717, 1.165) is 25.1 Å². The smallest absolute Gasteiger partial charge is 0.307 e. The zero-order valence-electron chi connectivity index (χ0n) is 13.7. The second-order valence-electron chi connectivity index (χ2n) is 5.17. The fraction of sp³-hybridized carbons (Fsp3) is 0.500. The van der Waals surface area contributed by atoms with Crippen molar-refractivity contribution in [3.8, 4) is 0 Å². The summed E-state index contributed by atoms with van der Waals surface area (Å²) < 4.78 is 5.06. The quantitative estimate of drug-likeness (QED) is 0.842. The number of nitrogens with one attached hydrogen (secondary N) is 2. The number of rotatable bonds is 3. The average molecular weight is 302 g/mol. The van der Waals surface area contributed by atoms with E-state index in [9.17, 15) is 4.79 Å². The highest BCUT2D eigenvalue weighted by Gasteiger charge is 2.27. The number of carbonyl (C=O) groups is 1. The zero-order chi connectivity index (χ0) is 15.9. The molecule has 1 atom stereocenters. The minimum absolute atomic E-state index is 0.0436. The Kier molecular flexibility index (Phi) is 6.01. The predicted octanol–water partition coefficient (Wildman–Crippen LogP) is 3.31. The Balaban J connectivity index is 0.000000847. The Labute approximate surface area is 132 Å². The van der Waals surface area contributed by atoms with E-state index in [-0.39, 0.29) is 12.0 Å². The standard InChI is InChI=1S/C16H20N2O2.C2H6/c1-2-20-15(19)10-14-16-12(8-9-17-14)11-6-4-3-5-7-13(11)18-16;1-2/h3-6,14,17-18H,2,7-10H2,1H3;1-2H3. The van der Waals surface area contributed by atoms with Gasteiger partial charge >= 0.3 is 5.97 Å². The van der Waals surface area contributed by atoms with Gasteiger partial charge in [0.05, 0.1) is 19.1 Å². The van der Waals surface area contributed by atoms with E-state index in [0.29, 0.717) is 13.0 Å². The minimum atomic E-state index is -0.141. The molecule has 4 nitrogen and oxygen atoms in total. The summed E-state index contributed by atoms with van der Waals surface area (Å²) in [6, 6.07) is 0.0436. The summed E-state index contributed by atoms with van der Waals surface area (Å²) in [7, 11) is 0. The van der Waals surface area contributed by atoms with E-state index in [1.54, 1.807) is 0 Å². The molecule has 0 saturated heterocycles. The van der Waals surface area contributed by atoms with Gasteiger partial charge in [0.2, 0.25) is 0 Å². The summed E-state index contributed by atoms with van der Waals surface area (Å²) in [5, 5.41) is 3.42. The first-order chi connectivity index (χ1) is 10.8. The van der Waals surface area contributed by atoms with Gasteiger partial charge in [0.1, 0.15) is 0 Å². The van der Waals surface area contributed by atoms with Crippen LogP contribution >= 0.6 is 0 Å². The molecule has 0 aromatic carbocycles. The van der Waals surface area contributed by atoms with Crippen molar-refractivity contribution in [1.29, 1.82) is 0 Å². The second kappa shape index (κ2) is 7.99. The van der Waals surface area contributed by atoms with Crippen LogP contribution in [-0.4, -0.2) is 24.1 Å². The lowest BCUT2D eigenvalue weighted by molar-refractivity contribution is -0.143. The fourth-order valence-corrected chi connectivity index (χ4v) is 3.01. The van der Waals surface area contributed by atoms with Crippen LogP contribution in [0.1, 0.15) is 55.7 Å². The molecule has 2 N–H and O–H groups in total. The number of aromatic nitrogens is 1. The van der Waals surface area contributed by atoms with E-state index in [1.165, 1.54) is 16.8 Å². The molecule has 0 spiro atoms. The molecule has 0 radical (unpaired) electrons. The Morgan fingerprint density at radius 1 is 1.36 bits per heavy atom. The molecule has 1 aliphatic carbocycles. The third-order valence-corrected chi connectivity index (χ3v) is 3.88. The number of fused-ring (bicyclic) bond motifs is 3. The molecule has 0 saturated carbocycles. The van der Waals surface area contributed by atoms with Gasteiger partial charge in [0.25, 0.3) is 0 Å². The van der Waals surface area contributed by atoms with Crippen molar-refractivity contribution in [2.45, 2.75) is 46.1 Å². The molecular formula is C18H26N2O2. The number of H-pyrrole nitrogens is 1. The normalized spacial score (nSPS) is 18.6. The number of esters is 1. The maximum Gasteiger partial charge on any atom is 0.307 e. The molecule has 0 fully saturated rings. The molecule has 0 amide bonds. The summed E-state index contributed by atoms with van der Waals surface area (Å²) in [5.74, 6) is -0.141. The van der Waals surface area contributed by atoms with Crippen molar-refractivity contribution in [2.24, 2.45) is 0 Å². The maximum atomic E-state index is 11.7. The minimum Gasteiger partial charge on any atom is -0.466 e. The number of allylic oxidation sites excluding steroid dienone is 3. The Morgan fingerprint density at radius 3 is 2.95 bits per heavy atom. The summed E-state index contributed by atoms with van der Waals surface area (Å²) in [6.45, 7) is 7.18. The van der Waals surface area contributed by atoms with E-state index in [1.807, 2.05) is 20.8 Å². The average Bonchev–Trinajstić information content (AvgIpc) is 2.73. The number of aromatic amines is 1. The molecule has 4 heteroatoms. The lowest BCUT2D eigenvalue weighted by atomic mass is 9.96. The van der Waals surface area contributed by atoms with Crippen molar-refractivity contribution in [3.63, 3.8) is 0 Å². The molecule has 22 heavy (non-hydrogen) atoms. The summed E-state index contributed by atoms with van der Waals surface area (Å²) >= 11 is 0. The molecule has 2 heterocycles. The zero-order valence-corrected chi connectivity index (χ0v) is 13.7. The van der Waals surface area contributed by atoms with Gasteiger partial charge in [-0.15, -0.1) is 0 Å². The van der Waals surface area contributed by atoms with E-state index < -0.39 is 0 Å². The van der Waals surface area contributed by atoms with Crippen LogP contribution in [-0.2, 0) is 22.4 Å². The highest BCUT2D eigenvalue weighted by Crippen LogP contribution is 2.32. The molecule has 1 unspecified atom stereocenters. The molecule has 1 aliphatic heterocycles. The van der Waals surface area contributed by atoms with Crippen LogP contribution in [0.3, 0.4) is 0 Å². The highest BCUT2D eigenvalue weighted by atomic mass is 16.5. The van der Waals surface area contributed by atoms with Crippen LogP contribution in [0.15, 0.2) is 18.2 Å². The van der Waals surface area contributed by atoms with Gasteiger partial charge in [-0.05, 0) is 31.0 Å². The molecule has 120 valence electrons. The van der Waals surface area contributed by atoms with Gasteiger partial charge in [-0.1, -0.05) is 38.2 Å². The molecule has 1 aromatic heterocycles. The lowest BCUT2D eigenvalue weighted by Crippen LogP contribution is -2.31. The van der Waals surface area contributed by atoms with E-state index >= 15 is 0 Å². The third kappa shape index (κ3) is 3.50. The van der Waals surface area contributed by atoms with Crippen LogP contribution in [0.25, 0.3) is 6.08 Å². The van der Waals surface area contributed by atoms with Crippen molar-refractivity contribution in [3.05, 3.63) is 40.7 Å².